The van der Waals surface area contributed by atoms with Crippen molar-refractivity contribution in [1.29, 1.82) is 0 Å². The number of fused-ring (bicyclic) bond motifs is 1. The van der Waals surface area contributed by atoms with Gasteiger partial charge in [-0.15, -0.1) is 11.8 Å². The molecule has 0 amide bonds. The highest BCUT2D eigenvalue weighted by Crippen LogP contribution is 2.24. The molecule has 0 unspecified atom stereocenters. The lowest BCUT2D eigenvalue weighted by Gasteiger charge is -2.12. The van der Waals surface area contributed by atoms with Gasteiger partial charge in [0.05, 0.1) is 11.1 Å². The van der Waals surface area contributed by atoms with Gasteiger partial charge in [0.2, 0.25) is 0 Å². The Hall–Kier alpha value is -1.98. The molecular formula is C16H16N2O2S. The van der Waals surface area contributed by atoms with Crippen LogP contribution in [0.15, 0.2) is 59.9 Å². The second-order valence-corrected chi connectivity index (χ2v) is 5.68. The van der Waals surface area contributed by atoms with E-state index in [9.17, 15) is 5.11 Å². The molecule has 2 heterocycles. The molecule has 0 spiro atoms. The molecule has 0 radical (unpaired) electrons. The Kier molecular flexibility index (Phi) is 4.43. The maximum absolute atomic E-state index is 10.0. The summed E-state index contributed by atoms with van der Waals surface area (Å²) >= 11 is 1.52. The number of aromatic amines is 1. The van der Waals surface area contributed by atoms with Crippen LogP contribution in [0.3, 0.4) is 0 Å². The van der Waals surface area contributed by atoms with Crippen molar-refractivity contribution >= 4 is 22.7 Å². The quantitative estimate of drug-likeness (QED) is 0.687. The van der Waals surface area contributed by atoms with E-state index in [0.717, 1.165) is 21.7 Å². The van der Waals surface area contributed by atoms with E-state index in [2.05, 4.69) is 9.97 Å². The fraction of sp³-hybridized carbons (Fsp3) is 0.188. The van der Waals surface area contributed by atoms with Crippen LogP contribution in [-0.4, -0.2) is 33.5 Å². The van der Waals surface area contributed by atoms with Crippen LogP contribution in [0.5, 0.6) is 5.75 Å². The molecule has 0 aliphatic rings. The molecule has 5 heteroatoms. The zero-order valence-corrected chi connectivity index (χ0v) is 12.2. The summed E-state index contributed by atoms with van der Waals surface area (Å²) in [5.41, 5.74) is 1.03. The smallest absolute Gasteiger partial charge is 0.128 e. The third-order valence-electron chi connectivity index (χ3n) is 3.05. The predicted molar refractivity (Wildman–Crippen MR) is 84.8 cm³/mol. The van der Waals surface area contributed by atoms with Crippen LogP contribution in [0, 0.1) is 0 Å². The standard InChI is InChI=1S/C16H16N2O2S/c19-12(11-21-16-6-1-2-8-18-16)10-20-15-5-3-4-14-13(15)7-9-17-14/h1-9,12,17,19H,10-11H2/t12-/m1/s1. The zero-order valence-electron chi connectivity index (χ0n) is 11.4. The van der Waals surface area contributed by atoms with Gasteiger partial charge in [-0.25, -0.2) is 4.98 Å². The summed E-state index contributed by atoms with van der Waals surface area (Å²) in [4.78, 5) is 7.35. The number of aliphatic hydroxyl groups excluding tert-OH is 1. The molecular weight excluding hydrogens is 284 g/mol. The Morgan fingerprint density at radius 3 is 3.00 bits per heavy atom. The number of ether oxygens (including phenoxy) is 1. The third-order valence-corrected chi connectivity index (χ3v) is 4.14. The highest BCUT2D eigenvalue weighted by atomic mass is 32.2. The number of aliphatic hydroxyl groups is 1. The summed E-state index contributed by atoms with van der Waals surface area (Å²) in [6.07, 6.45) is 3.09. The average molecular weight is 300 g/mol. The fourth-order valence-electron chi connectivity index (χ4n) is 2.03. The summed E-state index contributed by atoms with van der Waals surface area (Å²) in [6.45, 7) is 0.268. The monoisotopic (exact) mass is 300 g/mol. The Bertz CT molecular complexity index is 700. The van der Waals surface area contributed by atoms with Crippen molar-refractivity contribution in [2.24, 2.45) is 0 Å². The van der Waals surface area contributed by atoms with Gasteiger partial charge in [0.25, 0.3) is 0 Å². The number of nitrogens with one attached hydrogen (secondary N) is 1. The fourth-order valence-corrected chi connectivity index (χ4v) is 2.80. The van der Waals surface area contributed by atoms with Gasteiger partial charge in [-0.3, -0.25) is 0 Å². The number of thioether (sulfide) groups is 1. The summed E-state index contributed by atoms with van der Waals surface area (Å²) in [5.74, 6) is 1.34. The van der Waals surface area contributed by atoms with E-state index in [4.69, 9.17) is 4.74 Å². The Labute approximate surface area is 127 Å². The average Bonchev–Trinajstić information content (AvgIpc) is 3.01. The molecule has 0 saturated heterocycles. The van der Waals surface area contributed by atoms with Gasteiger partial charge in [0.1, 0.15) is 12.4 Å². The van der Waals surface area contributed by atoms with Gasteiger partial charge in [-0.2, -0.15) is 0 Å². The minimum absolute atomic E-state index is 0.268. The van der Waals surface area contributed by atoms with E-state index < -0.39 is 6.10 Å². The normalized spacial score (nSPS) is 12.4. The van der Waals surface area contributed by atoms with Crippen LogP contribution in [0.2, 0.25) is 0 Å². The van der Waals surface area contributed by atoms with Crippen LogP contribution >= 0.6 is 11.8 Å². The van der Waals surface area contributed by atoms with Gasteiger partial charge in [0.15, 0.2) is 0 Å². The number of hydrogen-bond acceptors (Lipinski definition) is 4. The molecule has 4 nitrogen and oxygen atoms in total. The summed E-state index contributed by atoms with van der Waals surface area (Å²) in [7, 11) is 0. The Morgan fingerprint density at radius 1 is 1.19 bits per heavy atom. The van der Waals surface area contributed by atoms with Crippen molar-refractivity contribution in [2.45, 2.75) is 11.1 Å². The maximum atomic E-state index is 10.0. The van der Waals surface area contributed by atoms with Gasteiger partial charge < -0.3 is 14.8 Å². The second kappa shape index (κ2) is 6.65. The van der Waals surface area contributed by atoms with Crippen molar-refractivity contribution in [3.05, 3.63) is 54.9 Å². The first kappa shape index (κ1) is 14.0. The van der Waals surface area contributed by atoms with Crippen LogP contribution < -0.4 is 4.74 Å². The van der Waals surface area contributed by atoms with Crippen molar-refractivity contribution in [3.8, 4) is 5.75 Å². The maximum Gasteiger partial charge on any atom is 0.128 e. The number of hydrogen-bond donors (Lipinski definition) is 2. The zero-order chi connectivity index (χ0) is 14.5. The van der Waals surface area contributed by atoms with Gasteiger partial charge >= 0.3 is 0 Å². The van der Waals surface area contributed by atoms with Gasteiger partial charge in [-0.1, -0.05) is 12.1 Å². The number of pyridine rings is 1. The third kappa shape index (κ3) is 3.56. The molecule has 108 valence electrons. The molecule has 1 atom stereocenters. The number of benzene rings is 1. The van der Waals surface area contributed by atoms with E-state index in [1.54, 1.807) is 6.20 Å². The van der Waals surface area contributed by atoms with E-state index in [1.165, 1.54) is 11.8 Å². The second-order valence-electron chi connectivity index (χ2n) is 4.64. The van der Waals surface area contributed by atoms with Crippen LogP contribution in [0.1, 0.15) is 0 Å². The van der Waals surface area contributed by atoms with E-state index in [-0.39, 0.29) is 6.61 Å². The number of nitrogens with zero attached hydrogens (tertiary/aromatic N) is 1. The highest BCUT2D eigenvalue weighted by Gasteiger charge is 2.09. The lowest BCUT2D eigenvalue weighted by molar-refractivity contribution is 0.127. The molecule has 2 aromatic heterocycles. The first-order valence-corrected chi connectivity index (χ1v) is 7.72. The van der Waals surface area contributed by atoms with E-state index in [0.29, 0.717) is 5.75 Å². The number of rotatable bonds is 6. The predicted octanol–water partition coefficient (Wildman–Crippen LogP) is 3.09. The van der Waals surface area contributed by atoms with E-state index >= 15 is 0 Å². The van der Waals surface area contributed by atoms with Crippen molar-refractivity contribution in [3.63, 3.8) is 0 Å². The largest absolute Gasteiger partial charge is 0.490 e. The lowest BCUT2D eigenvalue weighted by Crippen LogP contribution is -2.20. The topological polar surface area (TPSA) is 58.1 Å². The molecule has 0 aliphatic carbocycles. The molecule has 1 aromatic carbocycles. The summed E-state index contributed by atoms with van der Waals surface area (Å²) in [5, 5.41) is 11.9. The molecule has 3 rings (SSSR count). The Morgan fingerprint density at radius 2 is 2.14 bits per heavy atom. The highest BCUT2D eigenvalue weighted by molar-refractivity contribution is 7.99. The molecule has 2 N–H and O–H groups in total. The summed E-state index contributed by atoms with van der Waals surface area (Å²) < 4.78 is 5.72. The molecule has 0 saturated carbocycles. The van der Waals surface area contributed by atoms with Crippen LogP contribution in [-0.2, 0) is 0 Å². The molecule has 21 heavy (non-hydrogen) atoms. The van der Waals surface area contributed by atoms with Crippen molar-refractivity contribution in [2.75, 3.05) is 12.4 Å². The molecule has 3 aromatic rings. The lowest BCUT2D eigenvalue weighted by atomic mass is 10.2. The number of aromatic nitrogens is 2. The van der Waals surface area contributed by atoms with Crippen molar-refractivity contribution in [1.82, 2.24) is 9.97 Å². The molecule has 0 bridgehead atoms. The van der Waals surface area contributed by atoms with Crippen LogP contribution in [0.4, 0.5) is 0 Å². The number of H-pyrrole nitrogens is 1. The van der Waals surface area contributed by atoms with Crippen molar-refractivity contribution < 1.29 is 9.84 Å². The Balaban J connectivity index is 1.54. The minimum Gasteiger partial charge on any atom is -0.490 e. The van der Waals surface area contributed by atoms with Gasteiger partial charge in [0, 0.05) is 29.0 Å². The summed E-state index contributed by atoms with van der Waals surface area (Å²) in [6, 6.07) is 13.6. The first-order valence-electron chi connectivity index (χ1n) is 6.74. The van der Waals surface area contributed by atoms with Crippen LogP contribution in [0.25, 0.3) is 10.9 Å². The van der Waals surface area contributed by atoms with E-state index in [1.807, 2.05) is 48.7 Å². The molecule has 0 fully saturated rings. The van der Waals surface area contributed by atoms with Gasteiger partial charge in [-0.05, 0) is 30.3 Å². The first-order chi connectivity index (χ1) is 10.3. The SMILES string of the molecule is O[C@H](COc1cccc2[nH]ccc12)CSc1ccccn1. The molecule has 0 aliphatic heterocycles. The minimum atomic E-state index is -0.536.